The Hall–Kier alpha value is -1.52. The lowest BCUT2D eigenvalue weighted by atomic mass is 10.2. The molecule has 0 radical (unpaired) electrons. The van der Waals surface area contributed by atoms with E-state index in [1.807, 2.05) is 41.3 Å². The lowest BCUT2D eigenvalue weighted by Gasteiger charge is -2.24. The van der Waals surface area contributed by atoms with E-state index in [9.17, 15) is 4.79 Å². The van der Waals surface area contributed by atoms with E-state index in [-0.39, 0.29) is 11.3 Å². The van der Waals surface area contributed by atoms with Gasteiger partial charge < -0.3 is 4.90 Å². The second kappa shape index (κ2) is 5.85. The van der Waals surface area contributed by atoms with Crippen molar-refractivity contribution in [1.29, 1.82) is 0 Å². The van der Waals surface area contributed by atoms with Crippen molar-refractivity contribution in [2.24, 2.45) is 0 Å². The quantitative estimate of drug-likeness (QED) is 0.870. The first-order chi connectivity index (χ1) is 9.74. The van der Waals surface area contributed by atoms with E-state index >= 15 is 0 Å². The zero-order chi connectivity index (χ0) is 13.9. The number of rotatable bonds is 3. The molecule has 1 aliphatic heterocycles. The summed E-state index contributed by atoms with van der Waals surface area (Å²) in [5.74, 6) is 0.680. The molecule has 1 fully saturated rings. The molecule has 1 saturated heterocycles. The van der Waals surface area contributed by atoms with Crippen LogP contribution in [-0.2, 0) is 11.3 Å². The van der Waals surface area contributed by atoms with Gasteiger partial charge in [0.25, 0.3) is 0 Å². The van der Waals surface area contributed by atoms with E-state index < -0.39 is 0 Å². The second-order valence-corrected chi connectivity index (χ2v) is 6.10. The van der Waals surface area contributed by atoms with Crippen LogP contribution in [0.4, 0.5) is 0 Å². The van der Waals surface area contributed by atoms with Crippen LogP contribution in [0.5, 0.6) is 0 Å². The van der Waals surface area contributed by atoms with Crippen LogP contribution in [0, 0.1) is 0 Å². The summed E-state index contributed by atoms with van der Waals surface area (Å²) in [5.41, 5.74) is 2.16. The van der Waals surface area contributed by atoms with Crippen LogP contribution in [0.2, 0.25) is 5.02 Å². The van der Waals surface area contributed by atoms with Crippen LogP contribution in [0.15, 0.2) is 48.8 Å². The SMILES string of the molecule is O=C1CSC(c2cccc(Cl)c2)N1Cc1ccncc1. The summed E-state index contributed by atoms with van der Waals surface area (Å²) in [4.78, 5) is 18.0. The second-order valence-electron chi connectivity index (χ2n) is 4.60. The zero-order valence-corrected chi connectivity index (χ0v) is 12.3. The molecule has 1 unspecified atom stereocenters. The normalized spacial score (nSPS) is 18.6. The molecule has 2 heterocycles. The molecule has 0 saturated carbocycles. The molecule has 0 N–H and O–H groups in total. The Labute approximate surface area is 127 Å². The third kappa shape index (κ3) is 2.81. The number of nitrogens with zero attached hydrogens (tertiary/aromatic N) is 2. The van der Waals surface area contributed by atoms with E-state index in [4.69, 9.17) is 11.6 Å². The molecule has 1 atom stereocenters. The molecular formula is C15H13ClN2OS. The van der Waals surface area contributed by atoms with Crippen molar-refractivity contribution < 1.29 is 4.79 Å². The van der Waals surface area contributed by atoms with Gasteiger partial charge in [-0.25, -0.2) is 0 Å². The average Bonchev–Trinajstić information content (AvgIpc) is 2.82. The van der Waals surface area contributed by atoms with Crippen LogP contribution in [0.25, 0.3) is 0 Å². The minimum Gasteiger partial charge on any atom is -0.322 e. The molecule has 0 bridgehead atoms. The summed E-state index contributed by atoms with van der Waals surface area (Å²) in [6.45, 7) is 0.603. The maximum absolute atomic E-state index is 12.1. The van der Waals surface area contributed by atoms with Gasteiger partial charge in [-0.2, -0.15) is 0 Å². The summed E-state index contributed by atoms with van der Waals surface area (Å²) >= 11 is 7.69. The van der Waals surface area contributed by atoms with E-state index in [2.05, 4.69) is 4.98 Å². The van der Waals surface area contributed by atoms with Crippen molar-refractivity contribution in [2.45, 2.75) is 11.9 Å². The molecule has 5 heteroatoms. The third-order valence-corrected chi connectivity index (χ3v) is 4.70. The van der Waals surface area contributed by atoms with Gasteiger partial charge in [0.15, 0.2) is 0 Å². The first-order valence-corrected chi connectivity index (χ1v) is 7.72. The Balaban J connectivity index is 1.85. The number of carbonyl (C=O) groups is 1. The maximum Gasteiger partial charge on any atom is 0.234 e. The Morgan fingerprint density at radius 2 is 2.10 bits per heavy atom. The summed E-state index contributed by atoms with van der Waals surface area (Å²) in [6, 6.07) is 11.6. The third-order valence-electron chi connectivity index (χ3n) is 3.20. The number of carbonyl (C=O) groups excluding carboxylic acids is 1. The molecular weight excluding hydrogens is 292 g/mol. The molecule has 1 aromatic heterocycles. The zero-order valence-electron chi connectivity index (χ0n) is 10.7. The van der Waals surface area contributed by atoms with Gasteiger partial charge in [0.1, 0.15) is 5.37 Å². The molecule has 1 amide bonds. The van der Waals surface area contributed by atoms with Gasteiger partial charge in [0.05, 0.1) is 5.75 Å². The summed E-state index contributed by atoms with van der Waals surface area (Å²) < 4.78 is 0. The van der Waals surface area contributed by atoms with E-state index in [0.29, 0.717) is 17.3 Å². The van der Waals surface area contributed by atoms with Gasteiger partial charge in [-0.3, -0.25) is 9.78 Å². The minimum atomic E-state index is 0.0364. The molecule has 0 aliphatic carbocycles. The van der Waals surface area contributed by atoms with Crippen LogP contribution < -0.4 is 0 Å². The van der Waals surface area contributed by atoms with Crippen LogP contribution in [0.3, 0.4) is 0 Å². The number of benzene rings is 1. The molecule has 20 heavy (non-hydrogen) atoms. The molecule has 0 spiro atoms. The number of hydrogen-bond donors (Lipinski definition) is 0. The molecule has 1 aromatic carbocycles. The number of amides is 1. The summed E-state index contributed by atoms with van der Waals surface area (Å²) in [7, 11) is 0. The maximum atomic E-state index is 12.1. The minimum absolute atomic E-state index is 0.0364. The average molecular weight is 305 g/mol. The molecule has 3 rings (SSSR count). The first-order valence-electron chi connectivity index (χ1n) is 6.29. The van der Waals surface area contributed by atoms with Gasteiger partial charge in [-0.15, -0.1) is 11.8 Å². The Bertz CT molecular complexity index is 620. The van der Waals surface area contributed by atoms with Gasteiger partial charge in [0, 0.05) is 24.0 Å². The van der Waals surface area contributed by atoms with Gasteiger partial charge in [-0.05, 0) is 35.4 Å². The molecule has 2 aromatic rings. The van der Waals surface area contributed by atoms with Crippen LogP contribution in [-0.4, -0.2) is 21.5 Å². The van der Waals surface area contributed by atoms with Crippen molar-refractivity contribution in [2.75, 3.05) is 5.75 Å². The van der Waals surface area contributed by atoms with Crippen molar-refractivity contribution >= 4 is 29.3 Å². The van der Waals surface area contributed by atoms with Crippen LogP contribution >= 0.6 is 23.4 Å². The van der Waals surface area contributed by atoms with Crippen LogP contribution in [0.1, 0.15) is 16.5 Å². The number of hydrogen-bond acceptors (Lipinski definition) is 3. The summed E-state index contributed by atoms with van der Waals surface area (Å²) in [6.07, 6.45) is 3.49. The fourth-order valence-corrected chi connectivity index (χ4v) is 3.62. The largest absolute Gasteiger partial charge is 0.322 e. The predicted molar refractivity (Wildman–Crippen MR) is 81.4 cm³/mol. The Morgan fingerprint density at radius 1 is 1.30 bits per heavy atom. The number of halogens is 1. The van der Waals surface area contributed by atoms with Gasteiger partial charge in [-0.1, -0.05) is 23.7 Å². The highest BCUT2D eigenvalue weighted by atomic mass is 35.5. The fourth-order valence-electron chi connectivity index (χ4n) is 2.25. The number of pyridine rings is 1. The number of aromatic nitrogens is 1. The first kappa shape index (κ1) is 13.5. The fraction of sp³-hybridized carbons (Fsp3) is 0.200. The highest BCUT2D eigenvalue weighted by Gasteiger charge is 2.32. The molecule has 1 aliphatic rings. The highest BCUT2D eigenvalue weighted by molar-refractivity contribution is 8.00. The predicted octanol–water partition coefficient (Wildman–Crippen LogP) is 3.51. The van der Waals surface area contributed by atoms with Crippen molar-refractivity contribution in [3.63, 3.8) is 0 Å². The van der Waals surface area contributed by atoms with E-state index in [0.717, 1.165) is 11.1 Å². The van der Waals surface area contributed by atoms with Crippen molar-refractivity contribution in [3.05, 3.63) is 64.9 Å². The van der Waals surface area contributed by atoms with Crippen molar-refractivity contribution in [1.82, 2.24) is 9.88 Å². The molecule has 102 valence electrons. The topological polar surface area (TPSA) is 33.2 Å². The standard InChI is InChI=1S/C15H13ClN2OS/c16-13-3-1-2-12(8-13)15-18(14(19)10-20-15)9-11-4-6-17-7-5-11/h1-8,15H,9-10H2. The van der Waals surface area contributed by atoms with Gasteiger partial charge >= 0.3 is 0 Å². The van der Waals surface area contributed by atoms with E-state index in [1.54, 1.807) is 24.2 Å². The molecule has 3 nitrogen and oxygen atoms in total. The smallest absolute Gasteiger partial charge is 0.234 e. The lowest BCUT2D eigenvalue weighted by Crippen LogP contribution is -2.27. The van der Waals surface area contributed by atoms with E-state index in [1.165, 1.54) is 0 Å². The van der Waals surface area contributed by atoms with Crippen molar-refractivity contribution in [3.8, 4) is 0 Å². The van der Waals surface area contributed by atoms with Gasteiger partial charge in [0.2, 0.25) is 5.91 Å². The number of thioether (sulfide) groups is 1. The highest BCUT2D eigenvalue weighted by Crippen LogP contribution is 2.40. The Morgan fingerprint density at radius 3 is 2.85 bits per heavy atom. The lowest BCUT2D eigenvalue weighted by molar-refractivity contribution is -0.128. The Kier molecular flexibility index (Phi) is 3.94. The monoisotopic (exact) mass is 304 g/mol. The summed E-state index contributed by atoms with van der Waals surface area (Å²) in [5, 5.41) is 0.737.